The van der Waals surface area contributed by atoms with Gasteiger partial charge in [-0.3, -0.25) is 9.89 Å². The van der Waals surface area contributed by atoms with Crippen LogP contribution in [0.3, 0.4) is 0 Å². The largest absolute Gasteiger partial charge is 0.369 e. The third-order valence-corrected chi connectivity index (χ3v) is 3.86. The molecule has 0 spiro atoms. The number of rotatable bonds is 2. The molecule has 0 unspecified atom stereocenters. The SMILES string of the molecule is C[C@@H]1Cc2c(C(=O)NC3CC(F)C3)n[nH]c2[C@H](C)O1. The number of hydrogen-bond donors (Lipinski definition) is 2. The van der Waals surface area contributed by atoms with E-state index in [1.807, 2.05) is 13.8 Å². The lowest BCUT2D eigenvalue weighted by atomic mass is 9.90. The molecule has 2 atom stereocenters. The van der Waals surface area contributed by atoms with Gasteiger partial charge in [0.05, 0.1) is 17.9 Å². The van der Waals surface area contributed by atoms with Gasteiger partial charge in [0.2, 0.25) is 0 Å². The van der Waals surface area contributed by atoms with Gasteiger partial charge in [0.25, 0.3) is 5.91 Å². The average molecular weight is 267 g/mol. The van der Waals surface area contributed by atoms with Crippen LogP contribution in [0.25, 0.3) is 0 Å². The fraction of sp³-hybridized carbons (Fsp3) is 0.692. The number of alkyl halides is 1. The molecular formula is C13H18FN3O2. The molecule has 1 saturated carbocycles. The van der Waals surface area contributed by atoms with Crippen LogP contribution in [0.1, 0.15) is 54.5 Å². The van der Waals surface area contributed by atoms with Gasteiger partial charge in [-0.05, 0) is 26.7 Å². The molecular weight excluding hydrogens is 249 g/mol. The van der Waals surface area contributed by atoms with E-state index in [1.54, 1.807) is 0 Å². The number of carbonyl (C=O) groups excluding carboxylic acids is 1. The number of hydrogen-bond acceptors (Lipinski definition) is 3. The Balaban J connectivity index is 1.76. The second-order valence-electron chi connectivity index (χ2n) is 5.50. The lowest BCUT2D eigenvalue weighted by molar-refractivity contribution is -0.00697. The van der Waals surface area contributed by atoms with E-state index in [0.29, 0.717) is 25.0 Å². The highest BCUT2D eigenvalue weighted by Gasteiger charge is 2.33. The van der Waals surface area contributed by atoms with Crippen molar-refractivity contribution < 1.29 is 13.9 Å². The summed E-state index contributed by atoms with van der Waals surface area (Å²) in [5, 5.41) is 9.81. The molecule has 1 aliphatic heterocycles. The Morgan fingerprint density at radius 1 is 1.47 bits per heavy atom. The molecule has 19 heavy (non-hydrogen) atoms. The molecule has 0 bridgehead atoms. The maximum Gasteiger partial charge on any atom is 0.272 e. The van der Waals surface area contributed by atoms with Crippen molar-refractivity contribution in [3.05, 3.63) is 17.0 Å². The Kier molecular flexibility index (Phi) is 3.05. The fourth-order valence-electron chi connectivity index (χ4n) is 2.78. The molecule has 1 aromatic heterocycles. The van der Waals surface area contributed by atoms with Crippen LogP contribution in [-0.2, 0) is 11.2 Å². The van der Waals surface area contributed by atoms with Crippen LogP contribution in [0.2, 0.25) is 0 Å². The Labute approximate surface area is 110 Å². The molecule has 104 valence electrons. The van der Waals surface area contributed by atoms with Crippen molar-refractivity contribution in [2.24, 2.45) is 0 Å². The second-order valence-corrected chi connectivity index (χ2v) is 5.50. The number of H-pyrrole nitrogens is 1. The zero-order valence-corrected chi connectivity index (χ0v) is 11.1. The number of aromatic nitrogens is 2. The third kappa shape index (κ3) is 2.25. The van der Waals surface area contributed by atoms with Crippen LogP contribution in [0.5, 0.6) is 0 Å². The quantitative estimate of drug-likeness (QED) is 0.856. The first-order chi connectivity index (χ1) is 9.04. The van der Waals surface area contributed by atoms with Gasteiger partial charge in [-0.15, -0.1) is 0 Å². The average Bonchev–Trinajstić information content (AvgIpc) is 2.70. The molecule has 6 heteroatoms. The Morgan fingerprint density at radius 3 is 2.89 bits per heavy atom. The summed E-state index contributed by atoms with van der Waals surface area (Å²) in [6.07, 6.45) is 0.724. The molecule has 3 rings (SSSR count). The van der Waals surface area contributed by atoms with Gasteiger partial charge in [0, 0.05) is 18.0 Å². The van der Waals surface area contributed by atoms with Gasteiger partial charge in [-0.1, -0.05) is 0 Å². The fourth-order valence-corrected chi connectivity index (χ4v) is 2.78. The summed E-state index contributed by atoms with van der Waals surface area (Å²) in [4.78, 5) is 12.1. The lowest BCUT2D eigenvalue weighted by Crippen LogP contribution is -2.45. The first-order valence-electron chi connectivity index (χ1n) is 6.72. The van der Waals surface area contributed by atoms with Crippen molar-refractivity contribution in [3.8, 4) is 0 Å². The van der Waals surface area contributed by atoms with Crippen LogP contribution in [0.15, 0.2) is 0 Å². The molecule has 0 radical (unpaired) electrons. The zero-order chi connectivity index (χ0) is 13.6. The molecule has 1 amide bonds. The second kappa shape index (κ2) is 4.59. The van der Waals surface area contributed by atoms with Crippen molar-refractivity contribution in [1.29, 1.82) is 0 Å². The number of carbonyl (C=O) groups is 1. The van der Waals surface area contributed by atoms with Gasteiger partial charge in [-0.2, -0.15) is 5.10 Å². The Hall–Kier alpha value is -1.43. The zero-order valence-electron chi connectivity index (χ0n) is 11.1. The van der Waals surface area contributed by atoms with Crippen LogP contribution in [0.4, 0.5) is 4.39 Å². The summed E-state index contributed by atoms with van der Waals surface area (Å²) < 4.78 is 18.4. The predicted octanol–water partition coefficient (Wildman–Crippen LogP) is 1.66. The van der Waals surface area contributed by atoms with Crippen molar-refractivity contribution in [1.82, 2.24) is 15.5 Å². The molecule has 1 fully saturated rings. The third-order valence-electron chi connectivity index (χ3n) is 3.86. The van der Waals surface area contributed by atoms with Gasteiger partial charge < -0.3 is 10.1 Å². The summed E-state index contributed by atoms with van der Waals surface area (Å²) >= 11 is 0. The summed E-state index contributed by atoms with van der Waals surface area (Å²) in [5.74, 6) is -0.212. The molecule has 0 saturated heterocycles. The first kappa shape index (κ1) is 12.6. The number of fused-ring (bicyclic) bond motifs is 1. The molecule has 2 heterocycles. The maximum atomic E-state index is 12.7. The van der Waals surface area contributed by atoms with Gasteiger partial charge in [0.1, 0.15) is 6.17 Å². The van der Waals surface area contributed by atoms with Crippen molar-refractivity contribution >= 4 is 5.91 Å². The summed E-state index contributed by atoms with van der Waals surface area (Å²) in [6.45, 7) is 3.92. The highest BCUT2D eigenvalue weighted by Crippen LogP contribution is 2.30. The van der Waals surface area contributed by atoms with E-state index < -0.39 is 6.17 Å². The molecule has 2 aliphatic rings. The van der Waals surface area contributed by atoms with E-state index in [9.17, 15) is 9.18 Å². The topological polar surface area (TPSA) is 67.0 Å². The van der Waals surface area contributed by atoms with E-state index in [2.05, 4.69) is 15.5 Å². The summed E-state index contributed by atoms with van der Waals surface area (Å²) in [6, 6.07) is -0.0514. The van der Waals surface area contributed by atoms with Crippen molar-refractivity contribution in [2.45, 2.75) is 57.5 Å². The van der Waals surface area contributed by atoms with Gasteiger partial charge >= 0.3 is 0 Å². The number of ether oxygens (including phenoxy) is 1. The van der Waals surface area contributed by atoms with E-state index >= 15 is 0 Å². The lowest BCUT2D eigenvalue weighted by Gasteiger charge is -2.30. The van der Waals surface area contributed by atoms with E-state index in [0.717, 1.165) is 11.3 Å². The van der Waals surface area contributed by atoms with Crippen LogP contribution in [0, 0.1) is 0 Å². The minimum atomic E-state index is -0.771. The van der Waals surface area contributed by atoms with E-state index in [4.69, 9.17) is 4.74 Å². The minimum absolute atomic E-state index is 0.0514. The molecule has 2 N–H and O–H groups in total. The maximum absolute atomic E-state index is 12.7. The molecule has 1 aliphatic carbocycles. The molecule has 1 aromatic rings. The predicted molar refractivity (Wildman–Crippen MR) is 66.6 cm³/mol. The molecule has 0 aromatic carbocycles. The van der Waals surface area contributed by atoms with E-state index in [1.165, 1.54) is 0 Å². The highest BCUT2D eigenvalue weighted by molar-refractivity contribution is 5.94. The highest BCUT2D eigenvalue weighted by atomic mass is 19.1. The monoisotopic (exact) mass is 267 g/mol. The van der Waals surface area contributed by atoms with Gasteiger partial charge in [0.15, 0.2) is 5.69 Å². The number of aromatic amines is 1. The number of halogens is 1. The van der Waals surface area contributed by atoms with Gasteiger partial charge in [-0.25, -0.2) is 4.39 Å². The number of nitrogens with one attached hydrogen (secondary N) is 2. The summed E-state index contributed by atoms with van der Waals surface area (Å²) in [5.41, 5.74) is 2.24. The Bertz CT molecular complexity index is 496. The standard InChI is InChI=1S/C13H18FN3O2/c1-6-3-10-11(7(2)19-6)16-17-12(10)13(18)15-9-4-8(14)5-9/h6-9H,3-5H2,1-2H3,(H,15,18)(H,16,17)/t6-,7+,8?,9?/m1/s1. The van der Waals surface area contributed by atoms with Crippen molar-refractivity contribution in [3.63, 3.8) is 0 Å². The number of nitrogens with zero attached hydrogens (tertiary/aromatic N) is 1. The van der Waals surface area contributed by atoms with Crippen molar-refractivity contribution in [2.75, 3.05) is 0 Å². The molecule has 5 nitrogen and oxygen atoms in total. The Morgan fingerprint density at radius 2 is 2.21 bits per heavy atom. The van der Waals surface area contributed by atoms with Crippen LogP contribution >= 0.6 is 0 Å². The smallest absolute Gasteiger partial charge is 0.272 e. The summed E-state index contributed by atoms with van der Waals surface area (Å²) in [7, 11) is 0. The normalized spacial score (nSPS) is 33.4. The van der Waals surface area contributed by atoms with Crippen LogP contribution < -0.4 is 5.32 Å². The number of amides is 1. The first-order valence-corrected chi connectivity index (χ1v) is 6.72. The van der Waals surface area contributed by atoms with Crippen LogP contribution in [-0.4, -0.2) is 34.4 Å². The minimum Gasteiger partial charge on any atom is -0.369 e. The van der Waals surface area contributed by atoms with E-state index in [-0.39, 0.29) is 24.2 Å².